The van der Waals surface area contributed by atoms with Crippen LogP contribution in [-0.2, 0) is 0 Å². The molecule has 1 fully saturated rings. The molecule has 1 aromatic rings. The lowest BCUT2D eigenvalue weighted by molar-refractivity contribution is 0.247. The summed E-state index contributed by atoms with van der Waals surface area (Å²) in [5.74, 6) is 0.441. The summed E-state index contributed by atoms with van der Waals surface area (Å²) in [5, 5.41) is 5.72. The van der Waals surface area contributed by atoms with Gasteiger partial charge in [-0.3, -0.25) is 0 Å². The second-order valence-electron chi connectivity index (χ2n) is 6.43. The van der Waals surface area contributed by atoms with E-state index in [9.17, 15) is 9.18 Å². The Morgan fingerprint density at radius 1 is 1.36 bits per heavy atom. The molecule has 0 radical (unpaired) electrons. The zero-order valence-corrected chi connectivity index (χ0v) is 13.4. The van der Waals surface area contributed by atoms with Gasteiger partial charge in [-0.05, 0) is 56.0 Å². The number of urea groups is 1. The van der Waals surface area contributed by atoms with Crippen LogP contribution in [0.1, 0.15) is 33.1 Å². The van der Waals surface area contributed by atoms with Crippen molar-refractivity contribution in [1.82, 2.24) is 10.2 Å². The minimum absolute atomic E-state index is 0.194. The maximum atomic E-state index is 12.8. The van der Waals surface area contributed by atoms with Crippen molar-refractivity contribution in [2.75, 3.05) is 25.0 Å². The fourth-order valence-corrected chi connectivity index (χ4v) is 2.76. The van der Waals surface area contributed by atoms with Crippen molar-refractivity contribution in [3.05, 3.63) is 30.1 Å². The highest BCUT2D eigenvalue weighted by Gasteiger charge is 2.23. The molecule has 4 nitrogen and oxygen atoms in total. The highest BCUT2D eigenvalue weighted by Crippen LogP contribution is 2.13. The fraction of sp³-hybridized carbons (Fsp3) is 0.588. The van der Waals surface area contributed by atoms with Crippen LogP contribution >= 0.6 is 0 Å². The van der Waals surface area contributed by atoms with E-state index in [4.69, 9.17) is 0 Å². The molecular formula is C17H26FN3O. The molecule has 1 aromatic carbocycles. The first-order valence-corrected chi connectivity index (χ1v) is 8.08. The van der Waals surface area contributed by atoms with Crippen LogP contribution in [0.4, 0.5) is 14.9 Å². The number of hydrogen-bond donors (Lipinski definition) is 2. The van der Waals surface area contributed by atoms with Gasteiger partial charge in [0.2, 0.25) is 0 Å². The second-order valence-corrected chi connectivity index (χ2v) is 6.43. The van der Waals surface area contributed by atoms with Crippen LogP contribution in [0.15, 0.2) is 24.3 Å². The number of nitrogens with one attached hydrogen (secondary N) is 2. The largest absolute Gasteiger partial charge is 0.334 e. The van der Waals surface area contributed by atoms with Crippen molar-refractivity contribution in [2.24, 2.45) is 5.92 Å². The summed E-state index contributed by atoms with van der Waals surface area (Å²) >= 11 is 0. The molecule has 5 heteroatoms. The number of hydrogen-bond acceptors (Lipinski definition) is 2. The number of carbonyl (C=O) groups excluding carboxylic acids is 1. The van der Waals surface area contributed by atoms with Gasteiger partial charge in [-0.1, -0.05) is 13.8 Å². The lowest BCUT2D eigenvalue weighted by atomic mass is 10.1. The number of benzene rings is 1. The van der Waals surface area contributed by atoms with E-state index in [1.54, 1.807) is 12.1 Å². The lowest BCUT2D eigenvalue weighted by Crippen LogP contribution is -2.39. The molecule has 1 aliphatic rings. The Bertz CT molecular complexity index is 475. The Morgan fingerprint density at radius 2 is 2.09 bits per heavy atom. The first kappa shape index (κ1) is 16.7. The quantitative estimate of drug-likeness (QED) is 0.845. The summed E-state index contributed by atoms with van der Waals surface area (Å²) in [6.45, 7) is 7.55. The Kier molecular flexibility index (Phi) is 6.19. The number of rotatable bonds is 6. The molecule has 1 heterocycles. The van der Waals surface area contributed by atoms with Crippen LogP contribution in [0.5, 0.6) is 0 Å². The molecule has 0 aliphatic carbocycles. The number of halogens is 1. The smallest absolute Gasteiger partial charge is 0.319 e. The number of carbonyl (C=O) groups is 1. The highest BCUT2D eigenvalue weighted by atomic mass is 19.1. The molecule has 2 N–H and O–H groups in total. The molecule has 22 heavy (non-hydrogen) atoms. The zero-order valence-electron chi connectivity index (χ0n) is 13.4. The molecule has 0 bridgehead atoms. The van der Waals surface area contributed by atoms with E-state index >= 15 is 0 Å². The van der Waals surface area contributed by atoms with Crippen LogP contribution in [0.2, 0.25) is 0 Å². The average Bonchev–Trinajstić information content (AvgIpc) is 2.88. The van der Waals surface area contributed by atoms with Gasteiger partial charge in [-0.25, -0.2) is 9.18 Å². The Hall–Kier alpha value is -1.62. The van der Waals surface area contributed by atoms with Gasteiger partial charge < -0.3 is 15.5 Å². The topological polar surface area (TPSA) is 44.4 Å². The van der Waals surface area contributed by atoms with E-state index in [1.807, 2.05) is 0 Å². The van der Waals surface area contributed by atoms with Crippen LogP contribution < -0.4 is 10.6 Å². The van der Waals surface area contributed by atoms with Gasteiger partial charge in [0.15, 0.2) is 0 Å². The first-order chi connectivity index (χ1) is 10.5. The third-order valence-corrected chi connectivity index (χ3v) is 3.97. The third-order valence-electron chi connectivity index (χ3n) is 3.97. The minimum Gasteiger partial charge on any atom is -0.334 e. The SMILES string of the molecule is CC(C)CCCN1CCC(NC(=O)Nc2ccc(F)cc2)C1. The Labute approximate surface area is 132 Å². The van der Waals surface area contributed by atoms with E-state index < -0.39 is 0 Å². The number of anilines is 1. The molecule has 0 saturated carbocycles. The molecule has 2 amide bonds. The molecule has 2 rings (SSSR count). The molecule has 1 saturated heterocycles. The van der Waals surface area contributed by atoms with Crippen molar-refractivity contribution in [3.63, 3.8) is 0 Å². The number of amides is 2. The van der Waals surface area contributed by atoms with Crippen molar-refractivity contribution in [1.29, 1.82) is 0 Å². The van der Waals surface area contributed by atoms with Gasteiger partial charge in [0.05, 0.1) is 0 Å². The predicted octanol–water partition coefficient (Wildman–Crippen LogP) is 3.46. The van der Waals surface area contributed by atoms with Crippen LogP contribution in [-0.4, -0.2) is 36.6 Å². The van der Waals surface area contributed by atoms with Crippen molar-refractivity contribution in [3.8, 4) is 0 Å². The number of nitrogens with zero attached hydrogens (tertiary/aromatic N) is 1. The van der Waals surface area contributed by atoms with E-state index in [0.29, 0.717) is 5.69 Å². The molecule has 1 unspecified atom stereocenters. The van der Waals surface area contributed by atoms with E-state index in [1.165, 1.54) is 25.0 Å². The minimum atomic E-state index is -0.307. The van der Waals surface area contributed by atoms with E-state index in [0.717, 1.165) is 32.0 Å². The Balaban J connectivity index is 1.68. The van der Waals surface area contributed by atoms with Gasteiger partial charge >= 0.3 is 6.03 Å². The van der Waals surface area contributed by atoms with Crippen LogP contribution in [0.3, 0.4) is 0 Å². The lowest BCUT2D eigenvalue weighted by Gasteiger charge is -2.17. The summed E-state index contributed by atoms with van der Waals surface area (Å²) in [6, 6.07) is 5.76. The predicted molar refractivity (Wildman–Crippen MR) is 87.5 cm³/mol. The second kappa shape index (κ2) is 8.13. The van der Waals surface area contributed by atoms with E-state index in [-0.39, 0.29) is 17.9 Å². The monoisotopic (exact) mass is 307 g/mol. The van der Waals surface area contributed by atoms with Gasteiger partial charge in [-0.15, -0.1) is 0 Å². The van der Waals surface area contributed by atoms with Gasteiger partial charge in [0, 0.05) is 24.8 Å². The first-order valence-electron chi connectivity index (χ1n) is 8.08. The van der Waals surface area contributed by atoms with E-state index in [2.05, 4.69) is 29.4 Å². The van der Waals surface area contributed by atoms with Gasteiger partial charge in [0.1, 0.15) is 5.82 Å². The molecule has 122 valence electrons. The van der Waals surface area contributed by atoms with Crippen molar-refractivity contribution >= 4 is 11.7 Å². The average molecular weight is 307 g/mol. The summed E-state index contributed by atoms with van der Waals surface area (Å²) in [7, 11) is 0. The standard InChI is InChI=1S/C17H26FN3O/c1-13(2)4-3-10-21-11-9-16(12-21)20-17(22)19-15-7-5-14(18)6-8-15/h5-8,13,16H,3-4,9-12H2,1-2H3,(H2,19,20,22). The Morgan fingerprint density at radius 3 is 2.77 bits per heavy atom. The summed E-state index contributed by atoms with van der Waals surface area (Å²) < 4.78 is 12.8. The highest BCUT2D eigenvalue weighted by molar-refractivity contribution is 5.89. The maximum absolute atomic E-state index is 12.8. The van der Waals surface area contributed by atoms with Crippen molar-refractivity contribution in [2.45, 2.75) is 39.2 Å². The van der Waals surface area contributed by atoms with Crippen LogP contribution in [0.25, 0.3) is 0 Å². The molecule has 0 aromatic heterocycles. The molecular weight excluding hydrogens is 281 g/mol. The molecule has 1 aliphatic heterocycles. The normalized spacial score (nSPS) is 18.6. The molecule has 0 spiro atoms. The van der Waals surface area contributed by atoms with Crippen LogP contribution in [0, 0.1) is 11.7 Å². The third kappa shape index (κ3) is 5.64. The summed E-state index contributed by atoms with van der Waals surface area (Å²) in [6.07, 6.45) is 3.45. The summed E-state index contributed by atoms with van der Waals surface area (Å²) in [5.41, 5.74) is 0.602. The molecule has 1 atom stereocenters. The zero-order chi connectivity index (χ0) is 15.9. The summed E-state index contributed by atoms with van der Waals surface area (Å²) in [4.78, 5) is 14.3. The van der Waals surface area contributed by atoms with Gasteiger partial charge in [-0.2, -0.15) is 0 Å². The fourth-order valence-electron chi connectivity index (χ4n) is 2.76. The number of likely N-dealkylation sites (tertiary alicyclic amines) is 1. The maximum Gasteiger partial charge on any atom is 0.319 e. The van der Waals surface area contributed by atoms with Gasteiger partial charge in [0.25, 0.3) is 0 Å². The van der Waals surface area contributed by atoms with Crippen molar-refractivity contribution < 1.29 is 9.18 Å².